The normalized spacial score (nSPS) is 15.5. The molecule has 0 radical (unpaired) electrons. The lowest BCUT2D eigenvalue weighted by Gasteiger charge is -2.33. The molecule has 8 heteroatoms. The third-order valence-corrected chi connectivity index (χ3v) is 6.36. The van der Waals surface area contributed by atoms with Crippen molar-refractivity contribution in [2.24, 2.45) is 13.0 Å². The first-order valence-electron chi connectivity index (χ1n) is 11.6. The highest BCUT2D eigenvalue weighted by Gasteiger charge is 2.29. The molecule has 2 aromatic carbocycles. The number of hydrogen-bond donors (Lipinski definition) is 0. The van der Waals surface area contributed by atoms with Crippen LogP contribution < -0.4 is 20.9 Å². The van der Waals surface area contributed by atoms with E-state index in [-0.39, 0.29) is 17.8 Å². The molecule has 176 valence electrons. The fourth-order valence-corrected chi connectivity index (χ4v) is 4.63. The van der Waals surface area contributed by atoms with E-state index in [1.165, 1.54) is 9.13 Å². The van der Waals surface area contributed by atoms with Crippen LogP contribution in [0.5, 0.6) is 5.75 Å². The van der Waals surface area contributed by atoms with Gasteiger partial charge in [-0.05, 0) is 49.6 Å². The van der Waals surface area contributed by atoms with Gasteiger partial charge in [0, 0.05) is 25.8 Å². The Kier molecular flexibility index (Phi) is 5.51. The summed E-state index contributed by atoms with van der Waals surface area (Å²) < 4.78 is 10.3. The van der Waals surface area contributed by atoms with Gasteiger partial charge in [-0.1, -0.05) is 36.8 Å². The van der Waals surface area contributed by atoms with E-state index < -0.39 is 0 Å². The zero-order valence-electron chi connectivity index (χ0n) is 20.0. The molecule has 2 aromatic heterocycles. The maximum Gasteiger partial charge on any atom is 0.332 e. The second kappa shape index (κ2) is 8.52. The van der Waals surface area contributed by atoms with E-state index in [1.54, 1.807) is 7.05 Å². The van der Waals surface area contributed by atoms with E-state index in [9.17, 15) is 9.59 Å². The van der Waals surface area contributed by atoms with Gasteiger partial charge in [-0.15, -0.1) is 0 Å². The molecular formula is C26H29N5O3. The van der Waals surface area contributed by atoms with Gasteiger partial charge in [-0.25, -0.2) is 4.79 Å². The monoisotopic (exact) mass is 459 g/mol. The molecule has 1 atom stereocenters. The molecule has 0 saturated heterocycles. The van der Waals surface area contributed by atoms with Crippen LogP contribution in [0.15, 0.2) is 58.1 Å². The van der Waals surface area contributed by atoms with E-state index in [1.807, 2.05) is 66.9 Å². The van der Waals surface area contributed by atoms with Crippen molar-refractivity contribution in [3.8, 4) is 5.75 Å². The average Bonchev–Trinajstić information content (AvgIpc) is 3.21. The minimum Gasteiger partial charge on any atom is -0.494 e. The molecule has 0 amide bonds. The third kappa shape index (κ3) is 3.69. The fraction of sp³-hybridized carbons (Fsp3) is 0.346. The minimum atomic E-state index is -0.366. The van der Waals surface area contributed by atoms with E-state index in [4.69, 9.17) is 9.72 Å². The van der Waals surface area contributed by atoms with Crippen molar-refractivity contribution in [1.29, 1.82) is 0 Å². The zero-order valence-corrected chi connectivity index (χ0v) is 20.0. The summed E-state index contributed by atoms with van der Waals surface area (Å²) in [5.74, 6) is 1.78. The number of hydrogen-bond acceptors (Lipinski definition) is 5. The van der Waals surface area contributed by atoms with Gasteiger partial charge in [0.2, 0.25) is 5.95 Å². The van der Waals surface area contributed by atoms with Gasteiger partial charge >= 0.3 is 5.69 Å². The van der Waals surface area contributed by atoms with Gasteiger partial charge in [0.1, 0.15) is 5.75 Å². The van der Waals surface area contributed by atoms with Crippen LogP contribution in [0.25, 0.3) is 11.2 Å². The van der Waals surface area contributed by atoms with Gasteiger partial charge < -0.3 is 14.2 Å². The Morgan fingerprint density at radius 2 is 1.74 bits per heavy atom. The van der Waals surface area contributed by atoms with Crippen molar-refractivity contribution in [3.63, 3.8) is 0 Å². The Labute approximate surface area is 197 Å². The highest BCUT2D eigenvalue weighted by molar-refractivity contribution is 5.77. The van der Waals surface area contributed by atoms with Gasteiger partial charge in [-0.2, -0.15) is 4.98 Å². The molecule has 0 bridgehead atoms. The average molecular weight is 460 g/mol. The van der Waals surface area contributed by atoms with Crippen LogP contribution in [0.2, 0.25) is 0 Å². The number of imidazole rings is 1. The molecule has 1 aliphatic rings. The second-order valence-electron chi connectivity index (χ2n) is 9.06. The molecule has 0 N–H and O–H groups in total. The number of aryl methyl sites for hydroxylation is 2. The summed E-state index contributed by atoms with van der Waals surface area (Å²) in [5.41, 5.74) is 3.21. The van der Waals surface area contributed by atoms with E-state index in [2.05, 4.69) is 11.8 Å². The Balaban J connectivity index is 1.65. The fourth-order valence-electron chi connectivity index (χ4n) is 4.63. The summed E-state index contributed by atoms with van der Waals surface area (Å²) >= 11 is 0. The van der Waals surface area contributed by atoms with Gasteiger partial charge in [0.25, 0.3) is 5.56 Å². The van der Waals surface area contributed by atoms with E-state index in [0.717, 1.165) is 29.1 Å². The molecule has 8 nitrogen and oxygen atoms in total. The molecule has 0 aliphatic carbocycles. The first-order chi connectivity index (χ1) is 16.4. The molecule has 0 saturated carbocycles. The number of aromatic nitrogens is 4. The van der Waals surface area contributed by atoms with Crippen molar-refractivity contribution < 1.29 is 4.74 Å². The summed E-state index contributed by atoms with van der Waals surface area (Å²) in [4.78, 5) is 33.7. The lowest BCUT2D eigenvalue weighted by Crippen LogP contribution is -2.40. The van der Waals surface area contributed by atoms with Crippen molar-refractivity contribution >= 4 is 22.8 Å². The number of nitrogens with zero attached hydrogens (tertiary/aromatic N) is 5. The predicted octanol–water partition coefficient (Wildman–Crippen LogP) is 3.44. The lowest BCUT2D eigenvalue weighted by molar-refractivity contribution is 0.340. The molecule has 0 fully saturated rings. The summed E-state index contributed by atoms with van der Waals surface area (Å²) in [7, 11) is 1.68. The summed E-state index contributed by atoms with van der Waals surface area (Å²) in [5, 5.41) is 0. The number of anilines is 2. The molecular weight excluding hydrogens is 430 g/mol. The largest absolute Gasteiger partial charge is 0.494 e. The smallest absolute Gasteiger partial charge is 0.332 e. The van der Waals surface area contributed by atoms with Gasteiger partial charge in [0.15, 0.2) is 11.2 Å². The van der Waals surface area contributed by atoms with Crippen LogP contribution in [0.4, 0.5) is 11.6 Å². The SMILES string of the molecule is CCOc1ccc(N2CC(C)Cn3c2nc2c3c(=O)n(Cc3ccc(C)cc3)c(=O)n2C)cc1. The van der Waals surface area contributed by atoms with E-state index >= 15 is 0 Å². The number of ether oxygens (including phenoxy) is 1. The predicted molar refractivity (Wildman–Crippen MR) is 133 cm³/mol. The van der Waals surface area contributed by atoms with Crippen molar-refractivity contribution in [2.45, 2.75) is 33.9 Å². The summed E-state index contributed by atoms with van der Waals surface area (Å²) in [6.45, 7) is 8.39. The Bertz CT molecular complexity index is 1460. The molecule has 4 aromatic rings. The molecule has 1 unspecified atom stereocenters. The third-order valence-electron chi connectivity index (χ3n) is 6.36. The van der Waals surface area contributed by atoms with Crippen LogP contribution in [-0.4, -0.2) is 31.8 Å². The topological polar surface area (TPSA) is 74.3 Å². The number of rotatable bonds is 5. The molecule has 3 heterocycles. The van der Waals surface area contributed by atoms with Crippen molar-refractivity contribution in [1.82, 2.24) is 18.7 Å². The Hall–Kier alpha value is -3.81. The van der Waals surface area contributed by atoms with Gasteiger partial charge in [-0.3, -0.25) is 13.9 Å². The molecule has 5 rings (SSSR count). The Morgan fingerprint density at radius 3 is 2.41 bits per heavy atom. The van der Waals surface area contributed by atoms with Gasteiger partial charge in [0.05, 0.1) is 13.2 Å². The van der Waals surface area contributed by atoms with Crippen LogP contribution in [0.3, 0.4) is 0 Å². The second-order valence-corrected chi connectivity index (χ2v) is 9.06. The lowest BCUT2D eigenvalue weighted by atomic mass is 10.1. The Morgan fingerprint density at radius 1 is 1.03 bits per heavy atom. The molecule has 34 heavy (non-hydrogen) atoms. The number of benzene rings is 2. The van der Waals surface area contributed by atoms with Crippen molar-refractivity contribution in [3.05, 3.63) is 80.5 Å². The van der Waals surface area contributed by atoms with Crippen LogP contribution >= 0.6 is 0 Å². The summed E-state index contributed by atoms with van der Waals surface area (Å²) in [6, 6.07) is 15.8. The van der Waals surface area contributed by atoms with Crippen LogP contribution in [0.1, 0.15) is 25.0 Å². The maximum absolute atomic E-state index is 13.6. The van der Waals surface area contributed by atoms with Crippen molar-refractivity contribution in [2.75, 3.05) is 18.1 Å². The minimum absolute atomic E-state index is 0.223. The van der Waals surface area contributed by atoms with Crippen LogP contribution in [-0.2, 0) is 20.1 Å². The first-order valence-corrected chi connectivity index (χ1v) is 11.6. The standard InChI is InChI=1S/C26H29N5O3/c1-5-34-21-12-10-20(11-13-21)29-14-18(3)15-30-22-23(27-25(29)30)28(4)26(33)31(24(22)32)16-19-8-6-17(2)7-9-19/h6-13,18H,5,14-16H2,1-4H3. The summed E-state index contributed by atoms with van der Waals surface area (Å²) in [6.07, 6.45) is 0. The van der Waals surface area contributed by atoms with E-state index in [0.29, 0.717) is 36.2 Å². The molecule has 0 spiro atoms. The highest BCUT2D eigenvalue weighted by atomic mass is 16.5. The van der Waals surface area contributed by atoms with Crippen LogP contribution in [0, 0.1) is 12.8 Å². The first kappa shape index (κ1) is 22.0. The quantitative estimate of drug-likeness (QED) is 0.457. The number of fused-ring (bicyclic) bond motifs is 3. The molecule has 1 aliphatic heterocycles. The highest BCUT2D eigenvalue weighted by Crippen LogP contribution is 2.33. The maximum atomic E-state index is 13.6. The zero-order chi connectivity index (χ0) is 24.0.